The van der Waals surface area contributed by atoms with Crippen molar-refractivity contribution in [3.05, 3.63) is 121 Å². The lowest BCUT2D eigenvalue weighted by Gasteiger charge is -2.10. The van der Waals surface area contributed by atoms with Crippen LogP contribution in [0.15, 0.2) is 120 Å². The van der Waals surface area contributed by atoms with E-state index in [1.165, 1.54) is 0 Å². The van der Waals surface area contributed by atoms with Gasteiger partial charge in [0.1, 0.15) is 16.9 Å². The summed E-state index contributed by atoms with van der Waals surface area (Å²) >= 11 is 0. The van der Waals surface area contributed by atoms with Crippen LogP contribution in [0.5, 0.6) is 5.75 Å². The fraction of sp³-hybridized carbons (Fsp3) is 0.0278. The molecular weight excluding hydrogens is 506 g/mol. The number of furan rings is 1. The zero-order valence-electron chi connectivity index (χ0n) is 22.2. The molecule has 0 saturated carbocycles. The van der Waals surface area contributed by atoms with Crippen LogP contribution in [-0.4, -0.2) is 20.1 Å². The number of rotatable bonds is 3. The molecule has 0 aliphatic rings. The average molecular weight is 530 g/mol. The van der Waals surface area contributed by atoms with Crippen LogP contribution >= 0.6 is 0 Å². The minimum Gasteiger partial charge on any atom is -0.507 e. The smallest absolute Gasteiger partial charge is 0.164 e. The van der Waals surface area contributed by atoms with Crippen LogP contribution in [0.1, 0.15) is 5.56 Å². The van der Waals surface area contributed by atoms with Crippen molar-refractivity contribution < 1.29 is 9.52 Å². The first-order chi connectivity index (χ1) is 20.1. The van der Waals surface area contributed by atoms with Crippen LogP contribution in [0.3, 0.4) is 0 Å². The number of aromatic nitrogens is 3. The lowest BCUT2D eigenvalue weighted by atomic mass is 10.0. The van der Waals surface area contributed by atoms with Crippen molar-refractivity contribution in [2.75, 3.05) is 0 Å². The number of phenols is 1. The maximum Gasteiger partial charge on any atom is 0.164 e. The Hall–Kier alpha value is -5.55. The number of aryl methyl sites for hydroxylation is 1. The third-order valence-corrected chi connectivity index (χ3v) is 7.74. The van der Waals surface area contributed by atoms with Gasteiger partial charge in [0.2, 0.25) is 0 Å². The molecule has 0 spiro atoms. The SMILES string of the molecule is Cc1ccc2cc(-c3nc(-c4ccccc4)nc(-c4ccc5c(ccc6c7ccccc7oc56)c4)n3)ccc2c1O. The van der Waals surface area contributed by atoms with Crippen molar-refractivity contribution in [2.24, 2.45) is 0 Å². The van der Waals surface area contributed by atoms with Gasteiger partial charge in [-0.15, -0.1) is 0 Å². The van der Waals surface area contributed by atoms with Crippen molar-refractivity contribution in [2.45, 2.75) is 6.92 Å². The van der Waals surface area contributed by atoms with Gasteiger partial charge in [-0.25, -0.2) is 15.0 Å². The van der Waals surface area contributed by atoms with Gasteiger partial charge in [0, 0.05) is 38.2 Å². The van der Waals surface area contributed by atoms with Gasteiger partial charge in [0.25, 0.3) is 0 Å². The molecule has 0 unspecified atom stereocenters. The topological polar surface area (TPSA) is 72.0 Å². The van der Waals surface area contributed by atoms with E-state index < -0.39 is 0 Å². The molecule has 8 rings (SSSR count). The molecule has 2 aromatic heterocycles. The van der Waals surface area contributed by atoms with Crippen molar-refractivity contribution in [1.29, 1.82) is 0 Å². The Kier molecular flexibility index (Phi) is 5.12. The van der Waals surface area contributed by atoms with Crippen LogP contribution in [0.25, 0.3) is 77.6 Å². The molecule has 5 heteroatoms. The molecule has 0 bridgehead atoms. The van der Waals surface area contributed by atoms with Crippen molar-refractivity contribution in [3.8, 4) is 39.9 Å². The van der Waals surface area contributed by atoms with Gasteiger partial charge in [0.05, 0.1) is 0 Å². The monoisotopic (exact) mass is 529 g/mol. The van der Waals surface area contributed by atoms with Crippen molar-refractivity contribution in [3.63, 3.8) is 0 Å². The quantitative estimate of drug-likeness (QED) is 0.247. The third kappa shape index (κ3) is 3.82. The summed E-state index contributed by atoms with van der Waals surface area (Å²) in [6, 6.07) is 38.4. The van der Waals surface area contributed by atoms with E-state index in [0.717, 1.165) is 65.7 Å². The summed E-state index contributed by atoms with van der Waals surface area (Å²) < 4.78 is 6.26. The minimum absolute atomic E-state index is 0.296. The molecular formula is C36H23N3O2. The predicted molar refractivity (Wildman–Crippen MR) is 165 cm³/mol. The molecule has 0 aliphatic carbocycles. The summed E-state index contributed by atoms with van der Waals surface area (Å²) in [5.41, 5.74) is 5.26. The van der Waals surface area contributed by atoms with Gasteiger partial charge < -0.3 is 9.52 Å². The van der Waals surface area contributed by atoms with Crippen molar-refractivity contribution >= 4 is 43.5 Å². The Morgan fingerprint density at radius 2 is 1.10 bits per heavy atom. The Morgan fingerprint density at radius 1 is 0.512 bits per heavy atom. The number of para-hydroxylation sites is 1. The summed E-state index contributed by atoms with van der Waals surface area (Å²) in [5, 5.41) is 16.6. The van der Waals surface area contributed by atoms with Gasteiger partial charge in [-0.1, -0.05) is 78.9 Å². The normalized spacial score (nSPS) is 11.6. The van der Waals surface area contributed by atoms with E-state index in [4.69, 9.17) is 19.4 Å². The van der Waals surface area contributed by atoms with Crippen LogP contribution in [0.2, 0.25) is 0 Å². The fourth-order valence-corrected chi connectivity index (χ4v) is 5.56. The van der Waals surface area contributed by atoms with E-state index in [9.17, 15) is 5.11 Å². The second-order valence-corrected chi connectivity index (χ2v) is 10.3. The molecule has 2 heterocycles. The van der Waals surface area contributed by atoms with Crippen LogP contribution in [0.4, 0.5) is 0 Å². The Labute approximate surface area is 235 Å². The van der Waals surface area contributed by atoms with Crippen LogP contribution < -0.4 is 0 Å². The Morgan fingerprint density at radius 3 is 1.85 bits per heavy atom. The zero-order chi connectivity index (χ0) is 27.5. The highest BCUT2D eigenvalue weighted by Crippen LogP contribution is 2.36. The molecule has 0 aliphatic heterocycles. The third-order valence-electron chi connectivity index (χ3n) is 7.74. The number of aromatic hydroxyl groups is 1. The minimum atomic E-state index is 0.296. The van der Waals surface area contributed by atoms with Crippen molar-refractivity contribution in [1.82, 2.24) is 15.0 Å². The molecule has 5 nitrogen and oxygen atoms in total. The fourth-order valence-electron chi connectivity index (χ4n) is 5.56. The van der Waals surface area contributed by atoms with E-state index in [2.05, 4.69) is 30.3 Å². The predicted octanol–water partition coefficient (Wildman–Crippen LogP) is 9.09. The van der Waals surface area contributed by atoms with Crippen LogP contribution in [0, 0.1) is 6.92 Å². The average Bonchev–Trinajstić information content (AvgIpc) is 3.42. The summed E-state index contributed by atoms with van der Waals surface area (Å²) in [6.45, 7) is 1.90. The molecule has 8 aromatic rings. The first kappa shape index (κ1) is 23.3. The second kappa shape index (κ2) is 9.00. The number of hydrogen-bond donors (Lipinski definition) is 1. The molecule has 1 N–H and O–H groups in total. The summed E-state index contributed by atoms with van der Waals surface area (Å²) in [7, 11) is 0. The first-order valence-corrected chi connectivity index (χ1v) is 13.5. The number of benzene rings is 6. The number of nitrogens with zero attached hydrogens (tertiary/aromatic N) is 3. The van der Waals surface area contributed by atoms with Gasteiger partial charge in [-0.05, 0) is 59.7 Å². The lowest BCUT2D eigenvalue weighted by molar-refractivity contribution is 0.477. The summed E-state index contributed by atoms with van der Waals surface area (Å²) in [4.78, 5) is 14.7. The number of hydrogen-bond acceptors (Lipinski definition) is 5. The van der Waals surface area contributed by atoms with Gasteiger partial charge in [-0.2, -0.15) is 0 Å². The molecule has 0 atom stereocenters. The highest BCUT2D eigenvalue weighted by atomic mass is 16.3. The molecule has 0 amide bonds. The van der Waals surface area contributed by atoms with E-state index in [1.807, 2.05) is 91.9 Å². The molecule has 0 saturated heterocycles. The van der Waals surface area contributed by atoms with Crippen LogP contribution in [-0.2, 0) is 0 Å². The molecule has 0 radical (unpaired) electrons. The Bertz CT molecular complexity index is 2290. The number of phenolic OH excluding ortho intramolecular Hbond substituents is 1. The summed E-state index contributed by atoms with van der Waals surface area (Å²) in [6.07, 6.45) is 0. The molecule has 194 valence electrons. The van der Waals surface area contributed by atoms with E-state index in [0.29, 0.717) is 23.2 Å². The van der Waals surface area contributed by atoms with E-state index in [-0.39, 0.29) is 0 Å². The number of fused-ring (bicyclic) bond motifs is 6. The first-order valence-electron chi connectivity index (χ1n) is 13.5. The highest BCUT2D eigenvalue weighted by Gasteiger charge is 2.15. The van der Waals surface area contributed by atoms with Gasteiger partial charge in [-0.3, -0.25) is 0 Å². The lowest BCUT2D eigenvalue weighted by Crippen LogP contribution is -2.00. The second-order valence-electron chi connectivity index (χ2n) is 10.3. The van der Waals surface area contributed by atoms with E-state index >= 15 is 0 Å². The maximum atomic E-state index is 10.6. The van der Waals surface area contributed by atoms with Gasteiger partial charge in [0.15, 0.2) is 17.5 Å². The molecule has 41 heavy (non-hydrogen) atoms. The summed E-state index contributed by atoms with van der Waals surface area (Å²) in [5.74, 6) is 2.06. The van der Waals surface area contributed by atoms with E-state index in [1.54, 1.807) is 0 Å². The molecule has 0 fully saturated rings. The zero-order valence-corrected chi connectivity index (χ0v) is 22.2. The highest BCUT2D eigenvalue weighted by molar-refractivity contribution is 6.15. The van der Waals surface area contributed by atoms with Gasteiger partial charge >= 0.3 is 0 Å². The largest absolute Gasteiger partial charge is 0.507 e. The molecule has 6 aromatic carbocycles. The Balaban J connectivity index is 1.31. The standard InChI is InChI=1S/C36H23N3O2/c1-21-11-12-23-19-25(14-16-27(23)32(21)40)35-37-34(22-7-3-2-4-8-22)38-36(39-35)26-15-17-28-24(20-26)13-18-30-29-9-5-6-10-31(29)41-33(28)30/h2-20,40H,1H3. The maximum absolute atomic E-state index is 10.6.